The molecule has 0 aliphatic heterocycles. The topological polar surface area (TPSA) is 141 Å². The number of aldehydes is 1. The Hall–Kier alpha value is -1.77. The monoisotopic (exact) mass is 546 g/mol. The molecule has 5 aliphatic carbocycles. The summed E-state index contributed by atoms with van der Waals surface area (Å²) >= 11 is 0. The first-order valence-corrected chi connectivity index (χ1v) is 14.6. The van der Waals surface area contributed by atoms with Crippen LogP contribution in [0.5, 0.6) is 0 Å². The average Bonchev–Trinajstić information content (AvgIpc) is 2.87. The van der Waals surface area contributed by atoms with Crippen LogP contribution in [-0.4, -0.2) is 64.1 Å². The number of hydrogen-bond donors (Lipinski definition) is 4. The molecule has 0 unspecified atom stereocenters. The molecule has 0 spiro atoms. The van der Waals surface area contributed by atoms with Crippen molar-refractivity contribution in [3.8, 4) is 0 Å². The van der Waals surface area contributed by atoms with Gasteiger partial charge in [-0.3, -0.25) is 9.59 Å². The number of carbonyl (C=O) groups excluding carboxylic acids is 2. The van der Waals surface area contributed by atoms with Gasteiger partial charge in [0.25, 0.3) is 0 Å². The standard InChI is InChI=1S/C31H46O8/c1-26(25(38)39-6)9-11-31(24(36)37)12-10-29(4)17(18(31)14-26)13-19(33)22-27(2)15-20(34)23(35)28(3,16-32)21(27)7-8-30(22,29)5/h13,16,18-23,33-35H,7-12,14-15H2,1-6H3,(H,36,37)/t18-,19+,20-,21+,22+,23-,26-,27-,28-,29+,30+,31-/m0/s1. The summed E-state index contributed by atoms with van der Waals surface area (Å²) in [6.07, 6.45) is 3.46. The zero-order chi connectivity index (χ0) is 29.0. The molecule has 0 aromatic carbocycles. The van der Waals surface area contributed by atoms with E-state index in [0.29, 0.717) is 44.9 Å². The van der Waals surface area contributed by atoms with Crippen molar-refractivity contribution in [1.82, 2.24) is 0 Å². The third-order valence-electron chi connectivity index (χ3n) is 13.4. The number of esters is 1. The Bertz CT molecular complexity index is 1120. The van der Waals surface area contributed by atoms with Gasteiger partial charge in [0.1, 0.15) is 6.29 Å². The summed E-state index contributed by atoms with van der Waals surface area (Å²) in [5.74, 6) is -2.10. The highest BCUT2D eigenvalue weighted by Crippen LogP contribution is 2.75. The van der Waals surface area contributed by atoms with Crippen molar-refractivity contribution in [3.63, 3.8) is 0 Å². The summed E-state index contributed by atoms with van der Waals surface area (Å²) in [6.45, 7) is 10.0. The van der Waals surface area contributed by atoms with Crippen LogP contribution in [0.4, 0.5) is 0 Å². The van der Waals surface area contributed by atoms with Crippen molar-refractivity contribution in [3.05, 3.63) is 11.6 Å². The minimum absolute atomic E-state index is 0.217. The number of methoxy groups -OCH3 is 1. The molecule has 0 aromatic rings. The van der Waals surface area contributed by atoms with Gasteiger partial charge in [0.2, 0.25) is 0 Å². The molecule has 0 aromatic heterocycles. The fourth-order valence-electron chi connectivity index (χ4n) is 11.0. The molecule has 0 heterocycles. The highest BCUT2D eigenvalue weighted by Gasteiger charge is 2.72. The maximum atomic E-state index is 12.9. The second-order valence-corrected chi connectivity index (χ2v) is 14.9. The van der Waals surface area contributed by atoms with Gasteiger partial charge in [-0.25, -0.2) is 0 Å². The van der Waals surface area contributed by atoms with Crippen molar-refractivity contribution in [2.75, 3.05) is 7.11 Å². The van der Waals surface area contributed by atoms with Crippen LogP contribution in [0.25, 0.3) is 0 Å². The third-order valence-corrected chi connectivity index (χ3v) is 13.4. The molecule has 4 N–H and O–H groups in total. The predicted molar refractivity (Wildman–Crippen MR) is 142 cm³/mol. The second-order valence-electron chi connectivity index (χ2n) is 14.9. The van der Waals surface area contributed by atoms with Gasteiger partial charge in [0, 0.05) is 5.92 Å². The van der Waals surface area contributed by atoms with Crippen molar-refractivity contribution in [2.24, 2.45) is 50.2 Å². The number of rotatable bonds is 3. The summed E-state index contributed by atoms with van der Waals surface area (Å²) in [7, 11) is 1.37. The van der Waals surface area contributed by atoms with Gasteiger partial charge in [-0.1, -0.05) is 39.3 Å². The number of ether oxygens (including phenoxy) is 1. The number of carbonyl (C=O) groups is 3. The fourth-order valence-corrected chi connectivity index (χ4v) is 11.0. The minimum Gasteiger partial charge on any atom is -0.481 e. The Labute approximate surface area is 231 Å². The molecular formula is C31H46O8. The lowest BCUT2D eigenvalue weighted by Crippen LogP contribution is -2.70. The zero-order valence-electron chi connectivity index (χ0n) is 24.2. The van der Waals surface area contributed by atoms with E-state index in [1.807, 2.05) is 13.0 Å². The zero-order valence-corrected chi connectivity index (χ0v) is 24.2. The lowest BCUT2D eigenvalue weighted by atomic mass is 9.33. The van der Waals surface area contributed by atoms with Crippen LogP contribution in [0, 0.1) is 50.2 Å². The predicted octanol–water partition coefficient (Wildman–Crippen LogP) is 3.51. The minimum atomic E-state index is -1.16. The number of aliphatic hydroxyl groups is 3. The molecule has 218 valence electrons. The molecule has 5 aliphatic rings. The molecule has 0 bridgehead atoms. The molecule has 39 heavy (non-hydrogen) atoms. The van der Waals surface area contributed by atoms with E-state index in [0.717, 1.165) is 11.9 Å². The Kier molecular flexibility index (Phi) is 6.35. The highest BCUT2D eigenvalue weighted by atomic mass is 16.5. The number of allylic oxidation sites excluding steroid dienone is 1. The number of carboxylic acid groups (broad SMARTS) is 1. The van der Waals surface area contributed by atoms with Gasteiger partial charge >= 0.3 is 11.9 Å². The molecule has 8 nitrogen and oxygen atoms in total. The number of fused-ring (bicyclic) bond motifs is 7. The maximum Gasteiger partial charge on any atom is 0.311 e. The fraction of sp³-hybridized carbons (Fsp3) is 0.839. The number of carboxylic acids is 1. The first-order chi connectivity index (χ1) is 18.0. The van der Waals surface area contributed by atoms with Gasteiger partial charge in [-0.2, -0.15) is 0 Å². The van der Waals surface area contributed by atoms with Crippen LogP contribution in [0.1, 0.15) is 86.0 Å². The van der Waals surface area contributed by atoms with E-state index < -0.39 is 62.7 Å². The Balaban J connectivity index is 1.66. The second kappa shape index (κ2) is 8.62. The van der Waals surface area contributed by atoms with Gasteiger partial charge < -0.3 is 30.0 Å². The van der Waals surface area contributed by atoms with E-state index in [1.54, 1.807) is 6.92 Å². The number of aliphatic hydroxyl groups excluding tert-OH is 3. The van der Waals surface area contributed by atoms with Crippen molar-refractivity contribution in [2.45, 2.75) is 104 Å². The molecule has 8 heteroatoms. The van der Waals surface area contributed by atoms with Crippen LogP contribution in [-0.2, 0) is 19.1 Å². The van der Waals surface area contributed by atoms with Crippen molar-refractivity contribution < 1.29 is 39.5 Å². The smallest absolute Gasteiger partial charge is 0.311 e. The lowest BCUT2D eigenvalue weighted by molar-refractivity contribution is -0.244. The molecule has 12 atom stereocenters. The quantitative estimate of drug-likeness (QED) is 0.239. The van der Waals surface area contributed by atoms with E-state index in [1.165, 1.54) is 7.11 Å². The van der Waals surface area contributed by atoms with Crippen molar-refractivity contribution in [1.29, 1.82) is 0 Å². The molecule has 0 amide bonds. The van der Waals surface area contributed by atoms with Crippen LogP contribution >= 0.6 is 0 Å². The molecule has 0 saturated heterocycles. The highest BCUT2D eigenvalue weighted by molar-refractivity contribution is 5.80. The largest absolute Gasteiger partial charge is 0.481 e. The number of aliphatic carboxylic acids is 1. The van der Waals surface area contributed by atoms with Crippen LogP contribution in [0.2, 0.25) is 0 Å². The maximum absolute atomic E-state index is 12.9. The normalized spacial score (nSPS) is 54.6. The lowest BCUT2D eigenvalue weighted by Gasteiger charge is -2.71. The van der Waals surface area contributed by atoms with Gasteiger partial charge in [0.15, 0.2) is 0 Å². The van der Waals surface area contributed by atoms with Crippen LogP contribution in [0.15, 0.2) is 11.6 Å². The summed E-state index contributed by atoms with van der Waals surface area (Å²) in [4.78, 5) is 38.2. The molecule has 4 saturated carbocycles. The molecule has 0 radical (unpaired) electrons. The van der Waals surface area contributed by atoms with E-state index >= 15 is 0 Å². The third kappa shape index (κ3) is 3.37. The molecule has 5 rings (SSSR count). The van der Waals surface area contributed by atoms with E-state index in [9.17, 15) is 34.8 Å². The molecule has 4 fully saturated rings. The first kappa shape index (κ1) is 28.7. The van der Waals surface area contributed by atoms with Crippen molar-refractivity contribution >= 4 is 18.2 Å². The SMILES string of the molecule is COC(=O)[C@@]1(C)CC[C@]2(C(=O)O)CC[C@]3(C)C(=C[C@@H](O)[C@@H]4[C@@]5(C)C[C@H](O)[C@H](O)[C@@](C)(C=O)[C@@H]5CC[C@]43C)[C@@H]2C1. The summed E-state index contributed by atoms with van der Waals surface area (Å²) in [6, 6.07) is 0. The van der Waals surface area contributed by atoms with Gasteiger partial charge in [0.05, 0.1) is 41.7 Å². The van der Waals surface area contributed by atoms with Crippen LogP contribution in [0.3, 0.4) is 0 Å². The van der Waals surface area contributed by atoms with Crippen LogP contribution < -0.4 is 0 Å². The van der Waals surface area contributed by atoms with E-state index in [4.69, 9.17) is 4.74 Å². The van der Waals surface area contributed by atoms with Gasteiger partial charge in [-0.15, -0.1) is 0 Å². The Morgan fingerprint density at radius 1 is 0.974 bits per heavy atom. The average molecular weight is 547 g/mol. The first-order valence-electron chi connectivity index (χ1n) is 14.6. The Morgan fingerprint density at radius 3 is 2.21 bits per heavy atom. The summed E-state index contributed by atoms with van der Waals surface area (Å²) in [5.41, 5.74) is -3.51. The number of hydrogen-bond acceptors (Lipinski definition) is 7. The molecular weight excluding hydrogens is 500 g/mol. The van der Waals surface area contributed by atoms with E-state index in [2.05, 4.69) is 20.8 Å². The van der Waals surface area contributed by atoms with Gasteiger partial charge in [-0.05, 0) is 86.4 Å². The summed E-state index contributed by atoms with van der Waals surface area (Å²) < 4.78 is 5.15. The Morgan fingerprint density at radius 2 is 1.62 bits per heavy atom. The van der Waals surface area contributed by atoms with E-state index in [-0.39, 0.29) is 24.2 Å². The summed E-state index contributed by atoms with van der Waals surface area (Å²) in [5, 5.41) is 44.4.